The number of aryl methyl sites for hydroxylation is 2. The van der Waals surface area contributed by atoms with E-state index in [-0.39, 0.29) is 10.6 Å². The number of amides is 1. The molecule has 0 unspecified atom stereocenters. The second-order valence-corrected chi connectivity index (χ2v) is 6.02. The van der Waals surface area contributed by atoms with E-state index in [9.17, 15) is 14.0 Å². The van der Waals surface area contributed by atoms with Crippen LogP contribution in [0, 0.1) is 5.82 Å². The molecule has 0 atom stereocenters. The van der Waals surface area contributed by atoms with Crippen LogP contribution in [-0.2, 0) is 22.4 Å². The lowest BCUT2D eigenvalue weighted by Crippen LogP contribution is -2.21. The van der Waals surface area contributed by atoms with Gasteiger partial charge in [0, 0.05) is 10.7 Å². The van der Waals surface area contributed by atoms with Gasteiger partial charge < -0.3 is 10.1 Å². The molecule has 124 valence electrons. The minimum Gasteiger partial charge on any atom is -0.452 e. The summed E-state index contributed by atoms with van der Waals surface area (Å²) in [5, 5.41) is 2.88. The van der Waals surface area contributed by atoms with Crippen LogP contribution >= 0.6 is 11.6 Å². The topological polar surface area (TPSA) is 55.4 Å². The Morgan fingerprint density at radius 1 is 1.12 bits per heavy atom. The lowest BCUT2D eigenvalue weighted by Gasteiger charge is -2.09. The largest absolute Gasteiger partial charge is 0.452 e. The number of halogens is 2. The van der Waals surface area contributed by atoms with Gasteiger partial charge in [-0.25, -0.2) is 9.18 Å². The summed E-state index contributed by atoms with van der Waals surface area (Å²) in [6, 6.07) is 9.31. The highest BCUT2D eigenvalue weighted by atomic mass is 35.5. The predicted molar refractivity (Wildman–Crippen MR) is 88.8 cm³/mol. The van der Waals surface area contributed by atoms with Crippen LogP contribution in [0.5, 0.6) is 0 Å². The molecule has 1 aliphatic carbocycles. The zero-order chi connectivity index (χ0) is 17.1. The van der Waals surface area contributed by atoms with Crippen LogP contribution in [0.3, 0.4) is 0 Å². The van der Waals surface area contributed by atoms with E-state index in [1.54, 1.807) is 0 Å². The number of hydrogen-bond acceptors (Lipinski definition) is 3. The van der Waals surface area contributed by atoms with E-state index >= 15 is 0 Å². The van der Waals surface area contributed by atoms with E-state index < -0.39 is 24.3 Å². The molecule has 0 saturated carbocycles. The highest BCUT2D eigenvalue weighted by Gasteiger charge is 2.16. The van der Waals surface area contributed by atoms with E-state index in [0.29, 0.717) is 5.69 Å². The van der Waals surface area contributed by atoms with Gasteiger partial charge in [-0.2, -0.15) is 0 Å². The van der Waals surface area contributed by atoms with Gasteiger partial charge in [0.2, 0.25) is 0 Å². The first kappa shape index (κ1) is 16.5. The van der Waals surface area contributed by atoms with Gasteiger partial charge in [0.1, 0.15) is 5.82 Å². The number of esters is 1. The summed E-state index contributed by atoms with van der Waals surface area (Å²) in [7, 11) is 0. The fourth-order valence-corrected chi connectivity index (χ4v) is 2.88. The van der Waals surface area contributed by atoms with Crippen molar-refractivity contribution in [2.24, 2.45) is 0 Å². The third kappa shape index (κ3) is 3.74. The Morgan fingerprint density at radius 2 is 1.92 bits per heavy atom. The Hall–Kier alpha value is -2.40. The van der Waals surface area contributed by atoms with Crippen LogP contribution in [0.25, 0.3) is 0 Å². The van der Waals surface area contributed by atoms with E-state index in [2.05, 4.69) is 5.32 Å². The number of rotatable bonds is 4. The number of carbonyl (C=O) groups excluding carboxylic acids is 2. The Bertz CT molecular complexity index is 807. The fraction of sp³-hybridized carbons (Fsp3) is 0.222. The summed E-state index contributed by atoms with van der Waals surface area (Å²) in [5.41, 5.74) is 2.89. The van der Waals surface area contributed by atoms with Crippen molar-refractivity contribution in [3.8, 4) is 0 Å². The lowest BCUT2D eigenvalue weighted by atomic mass is 10.1. The van der Waals surface area contributed by atoms with Gasteiger partial charge in [0.25, 0.3) is 5.91 Å². The lowest BCUT2D eigenvalue weighted by molar-refractivity contribution is -0.119. The maximum absolute atomic E-state index is 13.6. The van der Waals surface area contributed by atoms with Crippen molar-refractivity contribution in [3.05, 3.63) is 63.9 Å². The molecular weight excluding hydrogens is 333 g/mol. The summed E-state index contributed by atoms with van der Waals surface area (Å²) < 4.78 is 18.4. The molecule has 0 heterocycles. The predicted octanol–water partition coefficient (Wildman–Crippen LogP) is 3.76. The van der Waals surface area contributed by atoms with Crippen molar-refractivity contribution in [2.75, 3.05) is 11.9 Å². The van der Waals surface area contributed by atoms with Crippen molar-refractivity contribution in [1.82, 2.24) is 0 Å². The molecule has 24 heavy (non-hydrogen) atoms. The van der Waals surface area contributed by atoms with E-state index in [1.165, 1.54) is 17.2 Å². The smallest absolute Gasteiger partial charge is 0.341 e. The van der Waals surface area contributed by atoms with E-state index in [1.807, 2.05) is 18.2 Å². The van der Waals surface area contributed by atoms with Crippen molar-refractivity contribution < 1.29 is 18.7 Å². The molecule has 0 fully saturated rings. The summed E-state index contributed by atoms with van der Waals surface area (Å²) in [4.78, 5) is 23.7. The maximum Gasteiger partial charge on any atom is 0.341 e. The van der Waals surface area contributed by atoms with E-state index in [0.717, 1.165) is 31.4 Å². The molecule has 1 aliphatic rings. The Balaban J connectivity index is 1.57. The average Bonchev–Trinajstić information content (AvgIpc) is 3.02. The normalized spacial score (nSPS) is 12.6. The molecule has 0 spiro atoms. The number of carbonyl (C=O) groups is 2. The SMILES string of the molecule is O=C(COC(=O)c1cc(Cl)ccc1F)Nc1ccc2c(c1)CCC2. The summed E-state index contributed by atoms with van der Waals surface area (Å²) >= 11 is 5.72. The molecule has 4 nitrogen and oxygen atoms in total. The van der Waals surface area contributed by atoms with Gasteiger partial charge in [-0.3, -0.25) is 4.79 Å². The molecule has 0 aliphatic heterocycles. The van der Waals surface area contributed by atoms with Crippen LogP contribution in [0.15, 0.2) is 36.4 Å². The molecule has 2 aromatic rings. The Morgan fingerprint density at radius 3 is 2.75 bits per heavy atom. The zero-order valence-electron chi connectivity index (χ0n) is 12.8. The van der Waals surface area contributed by atoms with Crippen molar-refractivity contribution in [3.63, 3.8) is 0 Å². The molecule has 6 heteroatoms. The molecule has 0 saturated heterocycles. The first-order valence-corrected chi connectivity index (χ1v) is 7.94. The molecule has 1 N–H and O–H groups in total. The van der Waals surface area contributed by atoms with E-state index in [4.69, 9.17) is 16.3 Å². The third-order valence-electron chi connectivity index (χ3n) is 3.86. The standard InChI is InChI=1S/C18H15ClFNO3/c19-13-5-7-16(20)15(9-13)18(23)24-10-17(22)21-14-6-4-11-2-1-3-12(11)8-14/h4-9H,1-3,10H2,(H,21,22). The molecule has 0 radical (unpaired) electrons. The number of hydrogen-bond donors (Lipinski definition) is 1. The first-order chi connectivity index (χ1) is 11.5. The van der Waals surface area contributed by atoms with Gasteiger partial charge >= 0.3 is 5.97 Å². The number of benzene rings is 2. The minimum atomic E-state index is -0.931. The zero-order valence-corrected chi connectivity index (χ0v) is 13.5. The number of anilines is 1. The molecule has 2 aromatic carbocycles. The van der Waals surface area contributed by atoms with Gasteiger partial charge in [0.15, 0.2) is 6.61 Å². The maximum atomic E-state index is 13.6. The van der Waals surface area contributed by atoms with Crippen LogP contribution in [0.4, 0.5) is 10.1 Å². The van der Waals surface area contributed by atoms with Crippen molar-refractivity contribution >= 4 is 29.2 Å². The molecule has 3 rings (SSSR count). The highest BCUT2D eigenvalue weighted by Crippen LogP contribution is 2.24. The van der Waals surface area contributed by atoms with Crippen LogP contribution in [0.1, 0.15) is 27.9 Å². The highest BCUT2D eigenvalue weighted by molar-refractivity contribution is 6.30. The number of fused-ring (bicyclic) bond motifs is 1. The molecule has 0 aromatic heterocycles. The number of nitrogens with one attached hydrogen (secondary N) is 1. The van der Waals surface area contributed by atoms with Crippen molar-refractivity contribution in [1.29, 1.82) is 0 Å². The van der Waals surface area contributed by atoms with Gasteiger partial charge in [-0.1, -0.05) is 17.7 Å². The fourth-order valence-electron chi connectivity index (χ4n) is 2.71. The molecule has 1 amide bonds. The average molecular weight is 348 g/mol. The van der Waals surface area contributed by atoms with Gasteiger partial charge in [0.05, 0.1) is 5.56 Å². The summed E-state index contributed by atoms with van der Waals surface area (Å²) in [6.45, 7) is -0.498. The Kier molecular flexibility index (Phi) is 4.81. The quantitative estimate of drug-likeness (QED) is 0.857. The summed E-state index contributed by atoms with van der Waals surface area (Å²) in [5.74, 6) is -2.16. The van der Waals surface area contributed by atoms with Gasteiger partial charge in [-0.15, -0.1) is 0 Å². The minimum absolute atomic E-state index is 0.214. The Labute approximate surface area is 143 Å². The van der Waals surface area contributed by atoms with Crippen LogP contribution in [-0.4, -0.2) is 18.5 Å². The van der Waals surface area contributed by atoms with Gasteiger partial charge in [-0.05, 0) is 60.7 Å². The van der Waals surface area contributed by atoms with Crippen LogP contribution < -0.4 is 5.32 Å². The third-order valence-corrected chi connectivity index (χ3v) is 4.10. The second-order valence-electron chi connectivity index (χ2n) is 5.59. The molecular formula is C18H15ClFNO3. The number of ether oxygens (including phenoxy) is 1. The molecule has 0 bridgehead atoms. The summed E-state index contributed by atoms with van der Waals surface area (Å²) in [6.07, 6.45) is 3.18. The monoisotopic (exact) mass is 347 g/mol. The van der Waals surface area contributed by atoms with Crippen molar-refractivity contribution in [2.45, 2.75) is 19.3 Å². The van der Waals surface area contributed by atoms with Crippen LogP contribution in [0.2, 0.25) is 5.02 Å². The second kappa shape index (κ2) is 7.01. The first-order valence-electron chi connectivity index (χ1n) is 7.57.